The smallest absolute Gasteiger partial charge is 0.130 e. The van der Waals surface area contributed by atoms with Crippen molar-refractivity contribution in [3.63, 3.8) is 0 Å². The van der Waals surface area contributed by atoms with Crippen LogP contribution in [-0.4, -0.2) is 7.11 Å². The molecule has 0 atom stereocenters. The van der Waals surface area contributed by atoms with E-state index in [9.17, 15) is 0 Å². The molecule has 0 spiro atoms. The lowest BCUT2D eigenvalue weighted by molar-refractivity contribution is 0.400. The molecule has 0 aromatic heterocycles. The SMILES string of the molecule is C=C/C=C(\C=C)C(C)(C)c1cccc(C=C)c1OC. The highest BCUT2D eigenvalue weighted by atomic mass is 16.5. The maximum absolute atomic E-state index is 5.57. The summed E-state index contributed by atoms with van der Waals surface area (Å²) in [7, 11) is 1.69. The Morgan fingerprint density at radius 3 is 2.37 bits per heavy atom. The number of para-hydroxylation sites is 1. The van der Waals surface area contributed by atoms with Gasteiger partial charge in [-0.2, -0.15) is 0 Å². The Morgan fingerprint density at radius 1 is 1.21 bits per heavy atom. The van der Waals surface area contributed by atoms with Crippen LogP contribution in [0.15, 0.2) is 61.7 Å². The highest BCUT2D eigenvalue weighted by molar-refractivity contribution is 5.61. The van der Waals surface area contributed by atoms with Crippen LogP contribution in [0.3, 0.4) is 0 Å². The molecule has 0 radical (unpaired) electrons. The lowest BCUT2D eigenvalue weighted by atomic mass is 9.76. The fraction of sp³-hybridized carbons (Fsp3) is 0.222. The molecule has 100 valence electrons. The van der Waals surface area contributed by atoms with Crippen molar-refractivity contribution in [3.8, 4) is 5.75 Å². The van der Waals surface area contributed by atoms with Gasteiger partial charge in [-0.05, 0) is 5.57 Å². The van der Waals surface area contributed by atoms with Crippen molar-refractivity contribution in [3.05, 3.63) is 72.9 Å². The normalized spacial score (nSPS) is 11.8. The van der Waals surface area contributed by atoms with Gasteiger partial charge in [-0.1, -0.05) is 76.1 Å². The van der Waals surface area contributed by atoms with Crippen LogP contribution in [0.2, 0.25) is 0 Å². The summed E-state index contributed by atoms with van der Waals surface area (Å²) < 4.78 is 5.57. The van der Waals surface area contributed by atoms with Gasteiger partial charge < -0.3 is 4.74 Å². The maximum atomic E-state index is 5.57. The average Bonchev–Trinajstić information content (AvgIpc) is 2.43. The van der Waals surface area contributed by atoms with Gasteiger partial charge >= 0.3 is 0 Å². The molecule has 1 heteroatoms. The van der Waals surface area contributed by atoms with E-state index < -0.39 is 0 Å². The zero-order valence-corrected chi connectivity index (χ0v) is 12.1. The molecule has 0 saturated heterocycles. The molecule has 0 saturated carbocycles. The number of hydrogen-bond donors (Lipinski definition) is 0. The standard InChI is InChI=1S/C18H22O/c1-7-11-15(9-3)18(4,5)16-13-10-12-14(8-2)17(16)19-6/h7-13H,1-3H2,4-6H3/b15-11+. The molecule has 0 unspecified atom stereocenters. The number of benzene rings is 1. The molecule has 19 heavy (non-hydrogen) atoms. The average molecular weight is 254 g/mol. The summed E-state index contributed by atoms with van der Waals surface area (Å²) in [5, 5.41) is 0. The Bertz CT molecular complexity index is 518. The highest BCUT2D eigenvalue weighted by Crippen LogP contribution is 2.39. The van der Waals surface area contributed by atoms with Gasteiger partial charge in [0.15, 0.2) is 0 Å². The first kappa shape index (κ1) is 15.0. The minimum absolute atomic E-state index is 0.208. The molecule has 0 bridgehead atoms. The number of methoxy groups -OCH3 is 1. The van der Waals surface area contributed by atoms with Crippen LogP contribution >= 0.6 is 0 Å². The van der Waals surface area contributed by atoms with E-state index in [1.54, 1.807) is 13.2 Å². The molecule has 0 amide bonds. The van der Waals surface area contributed by atoms with Gasteiger partial charge in [-0.15, -0.1) is 0 Å². The maximum Gasteiger partial charge on any atom is 0.130 e. The van der Waals surface area contributed by atoms with Gasteiger partial charge in [0.25, 0.3) is 0 Å². The molecular weight excluding hydrogens is 232 g/mol. The van der Waals surface area contributed by atoms with Crippen LogP contribution in [0.5, 0.6) is 5.75 Å². The predicted octanol–water partition coefficient (Wildman–Crippen LogP) is 4.91. The molecular formula is C18H22O. The monoisotopic (exact) mass is 254 g/mol. The predicted molar refractivity (Wildman–Crippen MR) is 84.6 cm³/mol. The summed E-state index contributed by atoms with van der Waals surface area (Å²) in [6, 6.07) is 6.09. The highest BCUT2D eigenvalue weighted by Gasteiger charge is 2.27. The summed E-state index contributed by atoms with van der Waals surface area (Å²) in [5.41, 5.74) is 3.00. The topological polar surface area (TPSA) is 9.23 Å². The van der Waals surface area contributed by atoms with Crippen LogP contribution in [0.25, 0.3) is 6.08 Å². The second kappa shape index (κ2) is 6.24. The summed E-state index contributed by atoms with van der Waals surface area (Å²) in [6.45, 7) is 15.8. The molecule has 0 aliphatic rings. The first-order chi connectivity index (χ1) is 9.02. The Kier molecular flexibility index (Phi) is 4.94. The van der Waals surface area contributed by atoms with E-state index in [2.05, 4.69) is 39.7 Å². The quantitative estimate of drug-likeness (QED) is 0.655. The molecule has 1 rings (SSSR count). The van der Waals surface area contributed by atoms with E-state index >= 15 is 0 Å². The number of allylic oxidation sites excluding steroid dienone is 4. The fourth-order valence-corrected chi connectivity index (χ4v) is 2.25. The van der Waals surface area contributed by atoms with Crippen molar-refractivity contribution in [1.29, 1.82) is 0 Å². The van der Waals surface area contributed by atoms with E-state index in [1.807, 2.05) is 30.4 Å². The van der Waals surface area contributed by atoms with Gasteiger partial charge in [0.05, 0.1) is 7.11 Å². The first-order valence-corrected chi connectivity index (χ1v) is 6.28. The Labute approximate surface area is 116 Å². The Balaban J connectivity index is 3.51. The second-order valence-electron chi connectivity index (χ2n) is 4.82. The zero-order valence-electron chi connectivity index (χ0n) is 12.1. The van der Waals surface area contributed by atoms with Crippen molar-refractivity contribution in [2.24, 2.45) is 0 Å². The van der Waals surface area contributed by atoms with Crippen LogP contribution in [0.4, 0.5) is 0 Å². The van der Waals surface area contributed by atoms with E-state index in [-0.39, 0.29) is 5.41 Å². The molecule has 1 aromatic rings. The largest absolute Gasteiger partial charge is 0.496 e. The van der Waals surface area contributed by atoms with Gasteiger partial charge in [0, 0.05) is 16.5 Å². The Hall–Kier alpha value is -2.02. The molecule has 1 aromatic carbocycles. The van der Waals surface area contributed by atoms with E-state index in [1.165, 1.54) is 0 Å². The van der Waals surface area contributed by atoms with E-state index in [0.29, 0.717) is 0 Å². The van der Waals surface area contributed by atoms with Crippen molar-refractivity contribution in [2.75, 3.05) is 7.11 Å². The zero-order chi connectivity index (χ0) is 14.5. The van der Waals surface area contributed by atoms with Crippen LogP contribution in [-0.2, 0) is 5.41 Å². The number of rotatable bonds is 6. The molecule has 0 aliphatic carbocycles. The van der Waals surface area contributed by atoms with Crippen LogP contribution in [0.1, 0.15) is 25.0 Å². The molecule has 0 heterocycles. The van der Waals surface area contributed by atoms with Crippen molar-refractivity contribution in [2.45, 2.75) is 19.3 Å². The summed E-state index contributed by atoms with van der Waals surface area (Å²) in [4.78, 5) is 0. The van der Waals surface area contributed by atoms with Crippen LogP contribution < -0.4 is 4.74 Å². The summed E-state index contributed by atoms with van der Waals surface area (Å²) in [6.07, 6.45) is 7.43. The molecule has 0 N–H and O–H groups in total. The minimum atomic E-state index is -0.208. The lowest BCUT2D eigenvalue weighted by Gasteiger charge is -2.29. The molecule has 1 nitrogen and oxygen atoms in total. The van der Waals surface area contributed by atoms with E-state index in [0.717, 1.165) is 22.4 Å². The van der Waals surface area contributed by atoms with Gasteiger partial charge in [-0.3, -0.25) is 0 Å². The van der Waals surface area contributed by atoms with E-state index in [4.69, 9.17) is 4.74 Å². The van der Waals surface area contributed by atoms with Crippen molar-refractivity contribution in [1.82, 2.24) is 0 Å². The van der Waals surface area contributed by atoms with Gasteiger partial charge in [0.1, 0.15) is 5.75 Å². The lowest BCUT2D eigenvalue weighted by Crippen LogP contribution is -2.20. The minimum Gasteiger partial charge on any atom is -0.496 e. The fourth-order valence-electron chi connectivity index (χ4n) is 2.25. The second-order valence-corrected chi connectivity index (χ2v) is 4.82. The summed E-state index contributed by atoms with van der Waals surface area (Å²) in [5.74, 6) is 0.860. The summed E-state index contributed by atoms with van der Waals surface area (Å²) >= 11 is 0. The number of ether oxygens (including phenoxy) is 1. The van der Waals surface area contributed by atoms with Gasteiger partial charge in [-0.25, -0.2) is 0 Å². The number of hydrogen-bond acceptors (Lipinski definition) is 1. The van der Waals surface area contributed by atoms with Crippen molar-refractivity contribution >= 4 is 6.08 Å². The van der Waals surface area contributed by atoms with Gasteiger partial charge in [0.2, 0.25) is 0 Å². The third-order valence-electron chi connectivity index (χ3n) is 3.38. The van der Waals surface area contributed by atoms with Crippen molar-refractivity contribution < 1.29 is 4.74 Å². The molecule has 0 fully saturated rings. The van der Waals surface area contributed by atoms with Crippen LogP contribution in [0, 0.1) is 0 Å². The Morgan fingerprint density at radius 2 is 1.89 bits per heavy atom. The third kappa shape index (κ3) is 2.87. The third-order valence-corrected chi connectivity index (χ3v) is 3.38. The molecule has 0 aliphatic heterocycles. The first-order valence-electron chi connectivity index (χ1n) is 6.28.